The van der Waals surface area contributed by atoms with Gasteiger partial charge in [0, 0.05) is 11.6 Å². The fraction of sp³-hybridized carbons (Fsp3) is 0.250. The van der Waals surface area contributed by atoms with Gasteiger partial charge >= 0.3 is 6.03 Å². The number of halogens is 1. The number of benzene rings is 3. The lowest BCUT2D eigenvalue weighted by molar-refractivity contribution is 0.177. The lowest BCUT2D eigenvalue weighted by Crippen LogP contribution is -2.49. The van der Waals surface area contributed by atoms with Crippen molar-refractivity contribution in [2.24, 2.45) is 0 Å². The van der Waals surface area contributed by atoms with Gasteiger partial charge < -0.3 is 15.0 Å². The van der Waals surface area contributed by atoms with Crippen LogP contribution in [0.15, 0.2) is 84.9 Å². The molecule has 1 fully saturated rings. The minimum atomic E-state index is -0.217. The lowest BCUT2D eigenvalue weighted by Gasteiger charge is -2.34. The van der Waals surface area contributed by atoms with E-state index in [1.807, 2.05) is 77.7 Å². The number of carbonyl (C=O) groups is 1. The molecule has 3 aromatic rings. The Labute approximate surface area is 193 Å². The van der Waals surface area contributed by atoms with Crippen molar-refractivity contribution in [3.05, 3.63) is 96.3 Å². The van der Waals surface area contributed by atoms with Gasteiger partial charge in [-0.3, -0.25) is 0 Å². The number of nitrogens with zero attached hydrogens (tertiary/aromatic N) is 1. The van der Waals surface area contributed by atoms with Crippen molar-refractivity contribution in [3.63, 3.8) is 0 Å². The van der Waals surface area contributed by atoms with Crippen LogP contribution in [0, 0.1) is 5.82 Å². The summed E-state index contributed by atoms with van der Waals surface area (Å²) in [7, 11) is 0. The van der Waals surface area contributed by atoms with Gasteiger partial charge in [0.2, 0.25) is 0 Å². The molecule has 0 radical (unpaired) electrons. The fourth-order valence-corrected chi connectivity index (χ4v) is 4.86. The third kappa shape index (κ3) is 4.63. The Morgan fingerprint density at radius 3 is 2.45 bits per heavy atom. The number of rotatable bonds is 6. The maximum Gasteiger partial charge on any atom is 0.318 e. The Morgan fingerprint density at radius 1 is 0.970 bits per heavy atom. The molecule has 5 rings (SSSR count). The summed E-state index contributed by atoms with van der Waals surface area (Å²) < 4.78 is 20.5. The van der Waals surface area contributed by atoms with Gasteiger partial charge in [-0.1, -0.05) is 66.7 Å². The molecule has 0 aromatic heterocycles. The highest BCUT2D eigenvalue weighted by Gasteiger charge is 2.39. The summed E-state index contributed by atoms with van der Waals surface area (Å²) in [6.45, 7) is 0.874. The first-order valence-corrected chi connectivity index (χ1v) is 11.5. The summed E-state index contributed by atoms with van der Waals surface area (Å²) in [5.74, 6) is 0.577. The monoisotopic (exact) mass is 442 g/mol. The number of urea groups is 1. The van der Waals surface area contributed by atoms with Gasteiger partial charge in [-0.15, -0.1) is 0 Å². The van der Waals surface area contributed by atoms with Crippen LogP contribution in [-0.4, -0.2) is 36.2 Å². The molecule has 2 bridgehead atoms. The number of hydrogen-bond acceptors (Lipinski definition) is 2. The van der Waals surface area contributed by atoms with Crippen LogP contribution in [-0.2, 0) is 0 Å². The van der Waals surface area contributed by atoms with Crippen molar-refractivity contribution < 1.29 is 13.9 Å². The van der Waals surface area contributed by atoms with Crippen LogP contribution in [0.4, 0.5) is 9.18 Å². The standard InChI is InChI=1S/C28H27FN2O2/c29-27-19-21(11-14-26(27)20-7-3-1-4-8-20)22-17-23-12-13-24(18-22)31(23)28(32)30-15-16-33-25-9-5-2-6-10-25/h1-11,14,17,19,23-24H,12-13,15-16,18H2,(H,30,32). The van der Waals surface area contributed by atoms with Gasteiger partial charge in [0.15, 0.2) is 0 Å². The molecular weight excluding hydrogens is 415 g/mol. The van der Waals surface area contributed by atoms with Gasteiger partial charge in [0.1, 0.15) is 18.2 Å². The van der Waals surface area contributed by atoms with Crippen molar-refractivity contribution in [2.45, 2.75) is 31.3 Å². The third-order valence-corrected chi connectivity index (χ3v) is 6.44. The Kier molecular flexibility index (Phi) is 6.11. The van der Waals surface area contributed by atoms with Crippen LogP contribution in [0.5, 0.6) is 5.75 Å². The van der Waals surface area contributed by atoms with Crippen LogP contribution in [0.3, 0.4) is 0 Å². The summed E-state index contributed by atoms with van der Waals surface area (Å²) >= 11 is 0. The molecule has 4 nitrogen and oxygen atoms in total. The molecular formula is C28H27FN2O2. The molecule has 0 spiro atoms. The Balaban J connectivity index is 1.22. The molecule has 2 aliphatic heterocycles. The summed E-state index contributed by atoms with van der Waals surface area (Å²) in [5, 5.41) is 2.99. The quantitative estimate of drug-likeness (QED) is 0.483. The van der Waals surface area contributed by atoms with Crippen LogP contribution in [0.1, 0.15) is 24.8 Å². The highest BCUT2D eigenvalue weighted by atomic mass is 19.1. The molecule has 2 aliphatic rings. The number of fused-ring (bicyclic) bond motifs is 2. The zero-order valence-corrected chi connectivity index (χ0v) is 18.4. The van der Waals surface area contributed by atoms with Gasteiger partial charge in [-0.2, -0.15) is 0 Å². The van der Waals surface area contributed by atoms with Gasteiger partial charge in [-0.05, 0) is 54.2 Å². The summed E-state index contributed by atoms with van der Waals surface area (Å²) in [6, 6.07) is 24.8. The molecule has 5 heteroatoms. The van der Waals surface area contributed by atoms with E-state index in [9.17, 15) is 9.18 Å². The number of para-hydroxylation sites is 1. The Hall–Kier alpha value is -3.60. The van der Waals surface area contributed by atoms with Crippen LogP contribution >= 0.6 is 0 Å². The van der Waals surface area contributed by atoms with Crippen molar-refractivity contribution in [3.8, 4) is 16.9 Å². The van der Waals surface area contributed by atoms with E-state index in [0.717, 1.165) is 41.7 Å². The molecule has 0 saturated carbocycles. The smallest absolute Gasteiger partial charge is 0.318 e. The highest BCUT2D eigenvalue weighted by molar-refractivity contribution is 5.79. The van der Waals surface area contributed by atoms with E-state index in [1.165, 1.54) is 0 Å². The SMILES string of the molecule is O=C(NCCOc1ccccc1)N1C2C=C(c3ccc(-c4ccccc4)c(F)c3)CC1CC2. The number of hydrogen-bond donors (Lipinski definition) is 1. The number of carbonyl (C=O) groups excluding carboxylic acids is 1. The molecule has 1 saturated heterocycles. The van der Waals surface area contributed by atoms with E-state index < -0.39 is 0 Å². The van der Waals surface area contributed by atoms with E-state index in [0.29, 0.717) is 18.7 Å². The van der Waals surface area contributed by atoms with E-state index in [2.05, 4.69) is 11.4 Å². The second-order valence-corrected chi connectivity index (χ2v) is 8.56. The lowest BCUT2D eigenvalue weighted by atomic mass is 9.93. The molecule has 2 heterocycles. The van der Waals surface area contributed by atoms with Crippen molar-refractivity contribution >= 4 is 11.6 Å². The van der Waals surface area contributed by atoms with Crippen molar-refractivity contribution in [2.75, 3.05) is 13.2 Å². The number of ether oxygens (including phenoxy) is 1. The average molecular weight is 443 g/mol. The first-order chi connectivity index (χ1) is 16.2. The minimum absolute atomic E-state index is 0.0469. The number of nitrogens with one attached hydrogen (secondary N) is 1. The molecule has 0 aliphatic carbocycles. The predicted octanol–water partition coefficient (Wildman–Crippen LogP) is 5.90. The van der Waals surface area contributed by atoms with Crippen LogP contribution in [0.25, 0.3) is 16.7 Å². The van der Waals surface area contributed by atoms with Gasteiger partial charge in [-0.25, -0.2) is 9.18 Å². The summed E-state index contributed by atoms with van der Waals surface area (Å²) in [6.07, 6.45) is 4.78. The Bertz CT molecular complexity index is 1150. The topological polar surface area (TPSA) is 41.6 Å². The van der Waals surface area contributed by atoms with E-state index >= 15 is 0 Å². The van der Waals surface area contributed by atoms with Gasteiger partial charge in [0.05, 0.1) is 12.6 Å². The third-order valence-electron chi connectivity index (χ3n) is 6.44. The van der Waals surface area contributed by atoms with Crippen LogP contribution < -0.4 is 10.1 Å². The van der Waals surface area contributed by atoms with E-state index in [1.54, 1.807) is 6.07 Å². The van der Waals surface area contributed by atoms with Crippen molar-refractivity contribution in [1.82, 2.24) is 10.2 Å². The Morgan fingerprint density at radius 2 is 1.73 bits per heavy atom. The summed E-state index contributed by atoms with van der Waals surface area (Å²) in [4.78, 5) is 14.8. The zero-order valence-electron chi connectivity index (χ0n) is 18.4. The first kappa shape index (κ1) is 21.3. The predicted molar refractivity (Wildman–Crippen MR) is 128 cm³/mol. The summed E-state index contributed by atoms with van der Waals surface area (Å²) in [5.41, 5.74) is 3.51. The molecule has 3 aromatic carbocycles. The van der Waals surface area contributed by atoms with Crippen LogP contribution in [0.2, 0.25) is 0 Å². The maximum atomic E-state index is 14.9. The van der Waals surface area contributed by atoms with E-state index in [-0.39, 0.29) is 23.9 Å². The first-order valence-electron chi connectivity index (χ1n) is 11.5. The second kappa shape index (κ2) is 9.49. The molecule has 33 heavy (non-hydrogen) atoms. The van der Waals surface area contributed by atoms with Gasteiger partial charge in [0.25, 0.3) is 0 Å². The average Bonchev–Trinajstić information content (AvgIpc) is 3.12. The zero-order chi connectivity index (χ0) is 22.6. The van der Waals surface area contributed by atoms with Crippen molar-refractivity contribution in [1.29, 1.82) is 0 Å². The maximum absolute atomic E-state index is 14.9. The normalized spacial score (nSPS) is 19.2. The molecule has 2 amide bonds. The molecule has 1 N–H and O–H groups in total. The number of amides is 2. The van der Waals surface area contributed by atoms with E-state index in [4.69, 9.17) is 4.74 Å². The molecule has 2 unspecified atom stereocenters. The second-order valence-electron chi connectivity index (χ2n) is 8.56. The minimum Gasteiger partial charge on any atom is -0.492 e. The highest BCUT2D eigenvalue weighted by Crippen LogP contribution is 2.39. The molecule has 168 valence electrons. The largest absolute Gasteiger partial charge is 0.492 e. The molecule has 2 atom stereocenters. The fourth-order valence-electron chi connectivity index (χ4n) is 4.86.